The number of fused-ring (bicyclic) bond motifs is 16. The van der Waals surface area contributed by atoms with Crippen LogP contribution in [0, 0.1) is 0 Å². The molecule has 3 heteroatoms. The standard InChI is InChI=1S/2C50H32O.C42H26O/c1-4-15-33(16-5-1)36-21-14-22-37(29-36)39-31-44(34-17-6-2-7-18-34)50-46(32-39)45-30-38(27-28-47(45)51-50)49-42-25-12-10-23-40(42)48(35-19-8-3-9-20-35)41-24-11-13-26-43(41)49;1-4-14-33(15-5-1)34-24-26-35(27-25-34)39-29-30-44-45-32-38(28-31-46(45)51-50(44)49(39)37-18-8-3-9-19-37)48-42-22-12-10-20-40(42)47(36-16-6-2-7-17-36)41-21-11-13-23-43(41)48;1-2-13-28(14-3-1)40-33-17-6-8-19-35(33)41(36-20-9-7-18-34(36)40)31-25-37(30-23-22-27-12-4-5-15-29(27)24-30)42-38(26-31)32-16-10-11-21-39(32)43-42/h2*1-32H;1-26H/i3D,8D,9D,19D,20D;2D,6D,7D,16D,17D;. The molecular weight excluding hydrogens is 1750 g/mol. The number of hydrogen-bond acceptors (Lipinski definition) is 3. The first-order valence-electron chi connectivity index (χ1n) is 54.0. The van der Waals surface area contributed by atoms with Crippen LogP contribution in [0.3, 0.4) is 0 Å². The molecule has 29 aromatic rings. The summed E-state index contributed by atoms with van der Waals surface area (Å²) in [6.07, 6.45) is 0. The van der Waals surface area contributed by atoms with Gasteiger partial charge in [0.15, 0.2) is 0 Å². The predicted octanol–water partition coefficient (Wildman–Crippen LogP) is 40.5. The van der Waals surface area contributed by atoms with Crippen molar-refractivity contribution in [2.45, 2.75) is 0 Å². The molecule has 0 spiro atoms. The zero-order chi connectivity index (χ0) is 104. The Morgan fingerprint density at radius 1 is 0.124 bits per heavy atom. The van der Waals surface area contributed by atoms with Gasteiger partial charge in [-0.1, -0.05) is 473 Å². The van der Waals surface area contributed by atoms with Gasteiger partial charge in [0.25, 0.3) is 0 Å². The molecule has 29 rings (SSSR count). The van der Waals surface area contributed by atoms with Gasteiger partial charge < -0.3 is 13.3 Å². The number of hydrogen-bond donors (Lipinski definition) is 0. The van der Waals surface area contributed by atoms with E-state index in [9.17, 15) is 0 Å². The first kappa shape index (κ1) is 75.0. The van der Waals surface area contributed by atoms with Crippen LogP contribution in [0.5, 0.6) is 0 Å². The van der Waals surface area contributed by atoms with Gasteiger partial charge in [0.2, 0.25) is 0 Å². The van der Waals surface area contributed by atoms with Crippen LogP contribution in [-0.4, -0.2) is 0 Å². The minimum absolute atomic E-state index is 0.198. The van der Waals surface area contributed by atoms with Crippen molar-refractivity contribution >= 4 is 141 Å². The van der Waals surface area contributed by atoms with Crippen LogP contribution in [0.15, 0.2) is 559 Å². The molecule has 676 valence electrons. The Morgan fingerprint density at radius 3 is 0.903 bits per heavy atom. The molecule has 0 atom stereocenters. The third kappa shape index (κ3) is 15.2. The highest BCUT2D eigenvalue weighted by molar-refractivity contribution is 6.27. The Kier molecular flexibility index (Phi) is 18.8. The maximum Gasteiger partial charge on any atom is 0.143 e. The highest BCUT2D eigenvalue weighted by atomic mass is 16.3. The van der Waals surface area contributed by atoms with Gasteiger partial charge in [-0.05, 0) is 276 Å². The second kappa shape index (κ2) is 36.3. The van der Waals surface area contributed by atoms with E-state index in [2.05, 4.69) is 370 Å². The van der Waals surface area contributed by atoms with Gasteiger partial charge in [-0.2, -0.15) is 0 Å². The highest BCUT2D eigenvalue weighted by Crippen LogP contribution is 2.53. The smallest absolute Gasteiger partial charge is 0.143 e. The number of para-hydroxylation sites is 1. The molecule has 0 aliphatic rings. The van der Waals surface area contributed by atoms with Gasteiger partial charge in [-0.3, -0.25) is 0 Å². The molecule has 0 saturated heterocycles. The Balaban J connectivity index is 0.000000114. The third-order valence-corrected chi connectivity index (χ3v) is 28.7. The fraction of sp³-hybridized carbons (Fsp3) is 0. The maximum absolute atomic E-state index is 8.92. The van der Waals surface area contributed by atoms with Crippen molar-refractivity contribution in [3.05, 3.63) is 546 Å². The largest absolute Gasteiger partial charge is 0.455 e. The van der Waals surface area contributed by atoms with Crippen LogP contribution in [-0.2, 0) is 0 Å². The van der Waals surface area contributed by atoms with Crippen LogP contribution in [0.2, 0.25) is 0 Å². The second-order valence-electron chi connectivity index (χ2n) is 37.0. The second-order valence-corrected chi connectivity index (χ2v) is 37.0. The molecule has 0 bridgehead atoms. The van der Waals surface area contributed by atoms with E-state index in [0.29, 0.717) is 11.1 Å². The quantitative estimate of drug-likeness (QED) is 0.108. The van der Waals surface area contributed by atoms with E-state index in [1.807, 2.05) is 115 Å². The molecule has 145 heavy (non-hydrogen) atoms. The first-order chi connectivity index (χ1) is 76.1. The number of furan rings is 3. The van der Waals surface area contributed by atoms with Gasteiger partial charge in [0.05, 0.1) is 13.7 Å². The van der Waals surface area contributed by atoms with Crippen molar-refractivity contribution in [1.29, 1.82) is 0 Å². The summed E-state index contributed by atoms with van der Waals surface area (Å²) in [5.74, 6) is 0. The number of benzene rings is 26. The summed E-state index contributed by atoms with van der Waals surface area (Å²) < 4.78 is 106. The van der Waals surface area contributed by atoms with Crippen molar-refractivity contribution in [3.8, 4) is 145 Å². The van der Waals surface area contributed by atoms with E-state index in [1.54, 1.807) is 0 Å². The fourth-order valence-electron chi connectivity index (χ4n) is 22.2. The molecule has 3 aromatic heterocycles. The topological polar surface area (TPSA) is 39.4 Å². The minimum Gasteiger partial charge on any atom is -0.455 e. The van der Waals surface area contributed by atoms with E-state index in [-0.39, 0.29) is 59.5 Å². The molecular formula is C142H90O3. The molecule has 0 amide bonds. The van der Waals surface area contributed by atoms with Gasteiger partial charge >= 0.3 is 0 Å². The van der Waals surface area contributed by atoms with E-state index in [0.717, 1.165) is 203 Å². The molecule has 0 unspecified atom stereocenters. The van der Waals surface area contributed by atoms with Crippen LogP contribution in [0.25, 0.3) is 286 Å². The predicted molar refractivity (Wildman–Crippen MR) is 614 cm³/mol. The molecule has 3 heterocycles. The van der Waals surface area contributed by atoms with Gasteiger partial charge in [0, 0.05) is 49.0 Å². The lowest BCUT2D eigenvalue weighted by atomic mass is 9.85. The molecule has 0 aliphatic heterocycles. The van der Waals surface area contributed by atoms with Crippen molar-refractivity contribution in [3.63, 3.8) is 0 Å². The molecule has 0 N–H and O–H groups in total. The lowest BCUT2D eigenvalue weighted by molar-refractivity contribution is 0.669. The fourth-order valence-corrected chi connectivity index (χ4v) is 22.2. The molecule has 0 aliphatic carbocycles. The Bertz CT molecular complexity index is 10600. The third-order valence-electron chi connectivity index (χ3n) is 28.7. The van der Waals surface area contributed by atoms with E-state index >= 15 is 0 Å². The average molecular weight is 1850 g/mol. The highest BCUT2D eigenvalue weighted by Gasteiger charge is 2.27. The summed E-state index contributed by atoms with van der Waals surface area (Å²) in [5.41, 5.74) is 31.1. The summed E-state index contributed by atoms with van der Waals surface area (Å²) >= 11 is 0. The zero-order valence-electron chi connectivity index (χ0n) is 88.4. The first-order valence-corrected chi connectivity index (χ1v) is 49.0. The van der Waals surface area contributed by atoms with Crippen LogP contribution >= 0.6 is 0 Å². The zero-order valence-corrected chi connectivity index (χ0v) is 78.4. The monoisotopic (exact) mass is 1850 g/mol. The summed E-state index contributed by atoms with van der Waals surface area (Å²) in [4.78, 5) is 0. The minimum atomic E-state index is -0.405. The summed E-state index contributed by atoms with van der Waals surface area (Å²) in [5, 5.41) is 20.6. The van der Waals surface area contributed by atoms with Gasteiger partial charge in [-0.15, -0.1) is 0 Å². The van der Waals surface area contributed by atoms with Crippen LogP contribution < -0.4 is 0 Å². The van der Waals surface area contributed by atoms with Crippen molar-refractivity contribution in [1.82, 2.24) is 0 Å². The van der Waals surface area contributed by atoms with Crippen LogP contribution in [0.4, 0.5) is 0 Å². The van der Waals surface area contributed by atoms with E-state index in [1.165, 1.54) is 60.1 Å². The molecule has 0 fully saturated rings. The summed E-state index contributed by atoms with van der Waals surface area (Å²) in [6, 6.07) is 166. The van der Waals surface area contributed by atoms with Crippen molar-refractivity contribution in [2.24, 2.45) is 0 Å². The molecule has 3 nitrogen and oxygen atoms in total. The van der Waals surface area contributed by atoms with E-state index in [4.69, 9.17) is 27.0 Å². The van der Waals surface area contributed by atoms with E-state index < -0.39 is 12.1 Å². The van der Waals surface area contributed by atoms with Crippen molar-refractivity contribution in [2.75, 3.05) is 0 Å². The van der Waals surface area contributed by atoms with Gasteiger partial charge in [-0.25, -0.2) is 0 Å². The Labute approximate surface area is 853 Å². The molecule has 26 aromatic carbocycles. The lowest BCUT2D eigenvalue weighted by Crippen LogP contribution is -1.91. The van der Waals surface area contributed by atoms with Crippen molar-refractivity contribution < 1.29 is 27.0 Å². The summed E-state index contributed by atoms with van der Waals surface area (Å²) in [7, 11) is 0. The normalized spacial score (nSPS) is 12.6. The molecule has 0 saturated carbocycles. The maximum atomic E-state index is 8.92. The van der Waals surface area contributed by atoms with Crippen LogP contribution in [0.1, 0.15) is 13.7 Å². The SMILES string of the molecule is [2H]c1c([2H])c([2H])c(-c2c3ccccc3c(-c3ccc4oc5c(-c6ccccc6)c(-c6ccc(-c7ccccc7)cc6)ccc5c4c3)c3ccccc23)c([2H])c1[2H].[2H]c1c([2H])c([2H])c(-c2c3ccccc3c(-c3ccc4oc5c(-c6ccccc6)cc(-c6cccc(-c7ccccc7)c6)cc5c4c3)c3ccccc23)c([2H])c1[2H].c1ccc(-c2c3ccccc3c(-c3cc(-c4ccc5ccccc5c4)c4oc5ccccc5c4c3)c3ccccc23)cc1. The van der Waals surface area contributed by atoms with Gasteiger partial charge in [0.1, 0.15) is 33.5 Å². The summed E-state index contributed by atoms with van der Waals surface area (Å²) in [6.45, 7) is 0. The number of rotatable bonds is 13. The Hall–Kier alpha value is -19.1. The molecule has 0 radical (unpaired) electrons. The Morgan fingerprint density at radius 2 is 0.421 bits per heavy atom. The average Bonchev–Trinajstić information content (AvgIpc) is 1.51. The lowest BCUT2D eigenvalue weighted by Gasteiger charge is -2.18.